The first-order valence-electron chi connectivity index (χ1n) is 9.26. The maximum Gasteiger partial charge on any atom is 0.254 e. The van der Waals surface area contributed by atoms with Gasteiger partial charge in [-0.25, -0.2) is 0 Å². The fourth-order valence-electron chi connectivity index (χ4n) is 3.18. The van der Waals surface area contributed by atoms with E-state index in [0.717, 1.165) is 35.5 Å². The molecule has 0 N–H and O–H groups in total. The molecule has 0 saturated heterocycles. The second kappa shape index (κ2) is 8.49. The molecule has 2 aromatic carbocycles. The Labute approximate surface area is 165 Å². The summed E-state index contributed by atoms with van der Waals surface area (Å²) in [5.74, 6) is 0.719. The molecule has 0 bridgehead atoms. The third-order valence-corrected chi connectivity index (χ3v) is 4.68. The van der Waals surface area contributed by atoms with E-state index in [0.29, 0.717) is 17.7 Å². The van der Waals surface area contributed by atoms with Gasteiger partial charge >= 0.3 is 0 Å². The van der Waals surface area contributed by atoms with Crippen LogP contribution >= 0.6 is 0 Å². The highest BCUT2D eigenvalue weighted by molar-refractivity contribution is 5.94. The smallest absolute Gasteiger partial charge is 0.254 e. The summed E-state index contributed by atoms with van der Waals surface area (Å²) in [4.78, 5) is 14.4. The van der Waals surface area contributed by atoms with E-state index in [1.54, 1.807) is 18.3 Å². The minimum absolute atomic E-state index is 0.0610. The van der Waals surface area contributed by atoms with Gasteiger partial charge in [0.15, 0.2) is 5.82 Å². The average molecular weight is 373 g/mol. The van der Waals surface area contributed by atoms with Crippen molar-refractivity contribution in [2.24, 2.45) is 0 Å². The van der Waals surface area contributed by atoms with Gasteiger partial charge in [0.2, 0.25) is 0 Å². The zero-order chi connectivity index (χ0) is 20.1. The summed E-state index contributed by atoms with van der Waals surface area (Å²) in [6, 6.07) is 15.3. The topological polar surface area (TPSA) is 74.8 Å². The molecule has 0 fully saturated rings. The molecule has 142 valence electrons. The largest absolute Gasteiger partial charge is 0.334 e. The third-order valence-electron chi connectivity index (χ3n) is 4.68. The summed E-state index contributed by atoms with van der Waals surface area (Å²) in [6.45, 7) is 5.32. The maximum atomic E-state index is 12.8. The van der Waals surface area contributed by atoms with Crippen LogP contribution in [0.5, 0.6) is 0 Å². The van der Waals surface area contributed by atoms with E-state index in [4.69, 9.17) is 5.26 Å². The number of benzene rings is 2. The molecule has 0 spiro atoms. The Balaban J connectivity index is 1.74. The molecule has 0 radical (unpaired) electrons. The molecule has 0 saturated carbocycles. The first-order chi connectivity index (χ1) is 13.5. The number of amides is 1. The van der Waals surface area contributed by atoms with E-state index >= 15 is 0 Å². The molecule has 3 rings (SSSR count). The monoisotopic (exact) mass is 373 g/mol. The predicted octanol–water partition coefficient (Wildman–Crippen LogP) is 3.81. The fraction of sp³-hybridized carbons (Fsp3) is 0.273. The van der Waals surface area contributed by atoms with Crippen LogP contribution in [-0.2, 0) is 13.1 Å². The van der Waals surface area contributed by atoms with E-state index < -0.39 is 0 Å². The highest BCUT2D eigenvalue weighted by Crippen LogP contribution is 2.25. The Morgan fingerprint density at radius 1 is 1.21 bits per heavy atom. The van der Waals surface area contributed by atoms with Gasteiger partial charge in [-0.3, -0.25) is 4.79 Å². The summed E-state index contributed by atoms with van der Waals surface area (Å²) in [5.41, 5.74) is 4.37. The van der Waals surface area contributed by atoms with Gasteiger partial charge in [-0.1, -0.05) is 25.1 Å². The number of hydrogen-bond acceptors (Lipinski definition) is 4. The van der Waals surface area contributed by atoms with E-state index in [1.165, 1.54) is 0 Å². The van der Waals surface area contributed by atoms with Crippen LogP contribution in [0.2, 0.25) is 0 Å². The van der Waals surface area contributed by atoms with Crippen molar-refractivity contribution < 1.29 is 4.79 Å². The minimum Gasteiger partial charge on any atom is -0.334 e. The van der Waals surface area contributed by atoms with E-state index in [2.05, 4.69) is 23.2 Å². The number of rotatable bonds is 6. The lowest BCUT2D eigenvalue weighted by Crippen LogP contribution is -2.27. The fourth-order valence-corrected chi connectivity index (χ4v) is 3.18. The highest BCUT2D eigenvalue weighted by atomic mass is 16.2. The zero-order valence-electron chi connectivity index (χ0n) is 16.4. The van der Waals surface area contributed by atoms with Gasteiger partial charge in [0.1, 0.15) is 6.33 Å². The second-order valence-corrected chi connectivity index (χ2v) is 6.82. The molecule has 1 amide bonds. The number of aryl methyl sites for hydroxylation is 2. The number of nitrogens with zero attached hydrogens (tertiary/aromatic N) is 5. The molecule has 3 aromatic rings. The van der Waals surface area contributed by atoms with Gasteiger partial charge in [0.05, 0.1) is 18.2 Å². The average Bonchev–Trinajstić information content (AvgIpc) is 3.14. The Bertz CT molecular complexity index is 1010. The summed E-state index contributed by atoms with van der Waals surface area (Å²) < 4.78 is 1.97. The highest BCUT2D eigenvalue weighted by Gasteiger charge is 2.15. The number of aromatic nitrogens is 3. The van der Waals surface area contributed by atoms with E-state index in [9.17, 15) is 4.79 Å². The van der Waals surface area contributed by atoms with Crippen molar-refractivity contribution >= 4 is 5.91 Å². The van der Waals surface area contributed by atoms with Crippen molar-refractivity contribution in [1.29, 1.82) is 5.26 Å². The summed E-state index contributed by atoms with van der Waals surface area (Å²) in [6.07, 6.45) is 2.69. The van der Waals surface area contributed by atoms with Crippen LogP contribution in [0, 0.1) is 18.3 Å². The first-order valence-corrected chi connectivity index (χ1v) is 9.26. The number of hydrogen-bond donors (Lipinski definition) is 0. The predicted molar refractivity (Wildman–Crippen MR) is 107 cm³/mol. The van der Waals surface area contributed by atoms with Crippen LogP contribution in [0.25, 0.3) is 11.1 Å². The molecule has 28 heavy (non-hydrogen) atoms. The van der Waals surface area contributed by atoms with Crippen LogP contribution < -0.4 is 0 Å². The van der Waals surface area contributed by atoms with E-state index in [1.807, 2.05) is 54.0 Å². The van der Waals surface area contributed by atoms with Gasteiger partial charge < -0.3 is 9.47 Å². The van der Waals surface area contributed by atoms with Gasteiger partial charge in [-0.2, -0.15) is 5.26 Å². The maximum absolute atomic E-state index is 12.8. The molecule has 0 aliphatic carbocycles. The number of carbonyl (C=O) groups excluding carboxylic acids is 1. The van der Waals surface area contributed by atoms with Crippen molar-refractivity contribution in [2.75, 3.05) is 7.05 Å². The molecule has 1 heterocycles. The second-order valence-electron chi connectivity index (χ2n) is 6.82. The Morgan fingerprint density at radius 2 is 1.96 bits per heavy atom. The molecule has 0 aliphatic heterocycles. The van der Waals surface area contributed by atoms with Gasteiger partial charge in [-0.15, -0.1) is 10.2 Å². The Hall–Kier alpha value is -3.46. The lowest BCUT2D eigenvalue weighted by atomic mass is 9.97. The van der Waals surface area contributed by atoms with Crippen LogP contribution in [0.4, 0.5) is 0 Å². The quantitative estimate of drug-likeness (QED) is 0.658. The van der Waals surface area contributed by atoms with Crippen molar-refractivity contribution in [1.82, 2.24) is 19.7 Å². The van der Waals surface area contributed by atoms with Gasteiger partial charge in [0.25, 0.3) is 5.91 Å². The minimum atomic E-state index is -0.0610. The number of carbonyl (C=O) groups is 1. The first kappa shape index (κ1) is 19.3. The van der Waals surface area contributed by atoms with Crippen molar-refractivity contribution in [2.45, 2.75) is 33.4 Å². The van der Waals surface area contributed by atoms with Crippen molar-refractivity contribution in [3.8, 4) is 17.2 Å². The Kier molecular flexibility index (Phi) is 5.85. The molecular formula is C22H23N5O. The molecule has 0 unspecified atom stereocenters. The van der Waals surface area contributed by atoms with Crippen molar-refractivity contribution in [3.63, 3.8) is 0 Å². The SMILES string of the molecule is CCCn1cnnc1CN(C)C(=O)c1ccc(-c2ccc(C#N)cc2C)cc1. The van der Waals surface area contributed by atoms with Crippen molar-refractivity contribution in [3.05, 3.63) is 71.3 Å². The molecule has 6 nitrogen and oxygen atoms in total. The van der Waals surface area contributed by atoms with Crippen LogP contribution in [0.3, 0.4) is 0 Å². The normalized spacial score (nSPS) is 10.5. The Morgan fingerprint density at radius 3 is 2.61 bits per heavy atom. The lowest BCUT2D eigenvalue weighted by Gasteiger charge is -2.17. The molecule has 1 aromatic heterocycles. The zero-order valence-corrected chi connectivity index (χ0v) is 16.4. The molecule has 6 heteroatoms. The molecule has 0 atom stereocenters. The summed E-state index contributed by atoms with van der Waals surface area (Å²) >= 11 is 0. The number of nitriles is 1. The van der Waals surface area contributed by atoms with Crippen LogP contribution in [0.1, 0.15) is 40.7 Å². The standard InChI is InChI=1S/C22H23N5O/c1-4-11-27-15-24-25-21(27)14-26(3)22(28)19-8-6-18(7-9-19)20-10-5-17(13-23)12-16(20)2/h5-10,12,15H,4,11,14H2,1-3H3. The van der Waals surface area contributed by atoms with Crippen LogP contribution in [-0.4, -0.2) is 32.6 Å². The van der Waals surface area contributed by atoms with Gasteiger partial charge in [0, 0.05) is 19.2 Å². The lowest BCUT2D eigenvalue weighted by molar-refractivity contribution is 0.0780. The molecule has 0 aliphatic rings. The summed E-state index contributed by atoms with van der Waals surface area (Å²) in [5, 5.41) is 17.1. The van der Waals surface area contributed by atoms with E-state index in [-0.39, 0.29) is 5.91 Å². The molecular weight excluding hydrogens is 350 g/mol. The van der Waals surface area contributed by atoms with Crippen LogP contribution in [0.15, 0.2) is 48.8 Å². The summed E-state index contributed by atoms with van der Waals surface area (Å²) in [7, 11) is 1.77. The third kappa shape index (κ3) is 4.09. The van der Waals surface area contributed by atoms with Gasteiger partial charge in [-0.05, 0) is 54.3 Å².